The highest BCUT2D eigenvalue weighted by Crippen LogP contribution is 2.44. The maximum absolute atomic E-state index is 5.39. The van der Waals surface area contributed by atoms with Gasteiger partial charge < -0.3 is 14.4 Å². The monoisotopic (exact) mass is 539 g/mol. The highest BCUT2D eigenvalue weighted by atomic mass is 16.5. The van der Waals surface area contributed by atoms with Crippen molar-refractivity contribution in [3.05, 3.63) is 126 Å². The lowest BCUT2D eigenvalue weighted by Crippen LogP contribution is -2.26. The van der Waals surface area contributed by atoms with Crippen LogP contribution in [0.2, 0.25) is 0 Å². The average molecular weight is 540 g/mol. The molecule has 204 valence electrons. The van der Waals surface area contributed by atoms with Crippen molar-refractivity contribution in [1.82, 2.24) is 0 Å². The van der Waals surface area contributed by atoms with Crippen LogP contribution >= 0.6 is 0 Å². The van der Waals surface area contributed by atoms with Crippen LogP contribution in [0, 0.1) is 0 Å². The van der Waals surface area contributed by atoms with E-state index in [4.69, 9.17) is 9.47 Å². The lowest BCUT2D eigenvalue weighted by molar-refractivity contribution is -0.401. The molecule has 0 atom stereocenters. The molecular weight excluding hydrogens is 504 g/mol. The van der Waals surface area contributed by atoms with E-state index >= 15 is 0 Å². The van der Waals surface area contributed by atoms with Gasteiger partial charge in [-0.05, 0) is 103 Å². The van der Waals surface area contributed by atoms with Gasteiger partial charge in [-0.1, -0.05) is 36.4 Å². The summed E-state index contributed by atoms with van der Waals surface area (Å²) in [6.07, 6.45) is 4.49. The number of methoxy groups -OCH3 is 2. The molecule has 0 spiro atoms. The fraction of sp³-hybridized carbons (Fsp3) is 0.162. The summed E-state index contributed by atoms with van der Waals surface area (Å²) in [5.41, 5.74) is 8.16. The second kappa shape index (κ2) is 10.6. The first-order valence-corrected chi connectivity index (χ1v) is 13.9. The van der Waals surface area contributed by atoms with Crippen molar-refractivity contribution in [3.8, 4) is 11.5 Å². The van der Waals surface area contributed by atoms with Gasteiger partial charge in [0.2, 0.25) is 5.69 Å². The Bertz CT molecular complexity index is 1720. The van der Waals surface area contributed by atoms with Crippen LogP contribution in [-0.2, 0) is 5.41 Å². The first-order valence-electron chi connectivity index (χ1n) is 13.9. The largest absolute Gasteiger partial charge is 0.497 e. The Kier molecular flexibility index (Phi) is 6.84. The van der Waals surface area contributed by atoms with Crippen molar-refractivity contribution in [2.75, 3.05) is 26.2 Å². The molecule has 0 saturated heterocycles. The van der Waals surface area contributed by atoms with Gasteiger partial charge in [-0.15, -0.1) is 0 Å². The number of nitrogens with zero attached hydrogens (tertiary/aromatic N) is 2. The Balaban J connectivity index is 1.32. The molecule has 0 fully saturated rings. The second-order valence-corrected chi connectivity index (χ2v) is 10.9. The molecule has 6 rings (SSSR count). The van der Waals surface area contributed by atoms with E-state index < -0.39 is 0 Å². The van der Waals surface area contributed by atoms with E-state index in [1.165, 1.54) is 27.7 Å². The number of anilines is 3. The van der Waals surface area contributed by atoms with Gasteiger partial charge in [0.05, 0.1) is 19.6 Å². The molecule has 0 saturated carbocycles. The number of allylic oxidation sites excluding steroid dienone is 1. The van der Waals surface area contributed by atoms with Crippen LogP contribution in [0.4, 0.5) is 22.7 Å². The standard InChI is InChI=1S/C37H35N2O2/c1-37(2)35(38(3)34-24-13-27-8-6-7-9-33(27)36(34)37)25-12-26-10-14-28(15-11-26)39(29-16-20-31(40-4)21-17-29)30-18-22-32(41-5)23-19-30/h6-25H,1-5H3/q+1. The minimum atomic E-state index is -0.110. The SMILES string of the molecule is COc1ccc(N(c2ccc(/C=C/C3=[N+](C)c4ccc5ccccc5c4C3(C)C)cc2)c2ccc(OC)cc2)cc1. The zero-order valence-corrected chi connectivity index (χ0v) is 24.3. The zero-order valence-electron chi connectivity index (χ0n) is 24.3. The van der Waals surface area contributed by atoms with E-state index in [0.29, 0.717) is 0 Å². The van der Waals surface area contributed by atoms with Crippen LogP contribution in [0.1, 0.15) is 25.0 Å². The number of hydrogen-bond donors (Lipinski definition) is 0. The van der Waals surface area contributed by atoms with Crippen molar-refractivity contribution in [2.24, 2.45) is 0 Å². The quantitative estimate of drug-likeness (QED) is 0.193. The fourth-order valence-corrected chi connectivity index (χ4v) is 6.01. The van der Waals surface area contributed by atoms with Gasteiger partial charge >= 0.3 is 0 Å². The summed E-state index contributed by atoms with van der Waals surface area (Å²) >= 11 is 0. The molecule has 0 aliphatic carbocycles. The maximum atomic E-state index is 5.39. The van der Waals surface area contributed by atoms with Gasteiger partial charge in [0, 0.05) is 34.8 Å². The molecule has 1 aliphatic heterocycles. The van der Waals surface area contributed by atoms with Crippen LogP contribution in [0.5, 0.6) is 11.5 Å². The molecule has 0 N–H and O–H groups in total. The second-order valence-electron chi connectivity index (χ2n) is 10.9. The minimum Gasteiger partial charge on any atom is -0.497 e. The van der Waals surface area contributed by atoms with E-state index in [1.807, 2.05) is 24.3 Å². The first kappa shape index (κ1) is 26.4. The molecule has 5 aromatic rings. The highest BCUT2D eigenvalue weighted by molar-refractivity contribution is 6.09. The Morgan fingerprint density at radius 2 is 1.17 bits per heavy atom. The molecule has 1 heterocycles. The molecule has 1 aliphatic rings. The maximum Gasteiger partial charge on any atom is 0.210 e. The smallest absolute Gasteiger partial charge is 0.210 e. The first-order chi connectivity index (χ1) is 19.9. The van der Waals surface area contributed by atoms with Crippen LogP contribution in [0.15, 0.2) is 115 Å². The van der Waals surface area contributed by atoms with Crippen LogP contribution in [-0.4, -0.2) is 31.6 Å². The van der Waals surface area contributed by atoms with Crippen molar-refractivity contribution >= 4 is 45.3 Å². The third-order valence-corrected chi connectivity index (χ3v) is 8.14. The topological polar surface area (TPSA) is 24.7 Å². The predicted octanol–water partition coefficient (Wildman–Crippen LogP) is 9.05. The molecule has 41 heavy (non-hydrogen) atoms. The van der Waals surface area contributed by atoms with Gasteiger partial charge in [-0.2, -0.15) is 4.58 Å². The number of rotatable bonds is 7. The Morgan fingerprint density at radius 3 is 1.73 bits per heavy atom. The molecular formula is C37H35N2O2+. The predicted molar refractivity (Wildman–Crippen MR) is 171 cm³/mol. The number of ether oxygens (including phenoxy) is 2. The van der Waals surface area contributed by atoms with E-state index in [2.05, 4.69) is 127 Å². The average Bonchev–Trinajstić information content (AvgIpc) is 3.21. The summed E-state index contributed by atoms with van der Waals surface area (Å²) in [5, 5.41) is 2.61. The number of fused-ring (bicyclic) bond motifs is 3. The van der Waals surface area contributed by atoms with Crippen molar-refractivity contribution in [2.45, 2.75) is 19.3 Å². The lowest BCUT2D eigenvalue weighted by Gasteiger charge is -2.26. The molecule has 0 unspecified atom stereocenters. The van der Waals surface area contributed by atoms with Crippen LogP contribution in [0.25, 0.3) is 16.8 Å². The molecule has 0 radical (unpaired) electrons. The Hall–Kier alpha value is -4.83. The van der Waals surface area contributed by atoms with Crippen LogP contribution in [0.3, 0.4) is 0 Å². The fourth-order valence-electron chi connectivity index (χ4n) is 6.01. The number of hydrogen-bond acceptors (Lipinski definition) is 3. The van der Waals surface area contributed by atoms with Gasteiger partial charge in [-0.3, -0.25) is 0 Å². The minimum absolute atomic E-state index is 0.110. The molecule has 0 amide bonds. The highest BCUT2D eigenvalue weighted by Gasteiger charge is 2.44. The van der Waals surface area contributed by atoms with Gasteiger partial charge in [0.1, 0.15) is 18.5 Å². The van der Waals surface area contributed by atoms with Gasteiger partial charge in [0.15, 0.2) is 5.71 Å². The molecule has 0 bridgehead atoms. The van der Waals surface area contributed by atoms with E-state index in [1.54, 1.807) is 14.2 Å². The third kappa shape index (κ3) is 4.76. The molecule has 0 aromatic heterocycles. The van der Waals surface area contributed by atoms with Gasteiger partial charge in [-0.25, -0.2) is 0 Å². The molecule has 4 nitrogen and oxygen atoms in total. The van der Waals surface area contributed by atoms with E-state index in [-0.39, 0.29) is 5.41 Å². The summed E-state index contributed by atoms with van der Waals surface area (Å²) in [6, 6.07) is 38.1. The zero-order chi connectivity index (χ0) is 28.6. The van der Waals surface area contributed by atoms with Crippen LogP contribution < -0.4 is 14.4 Å². The summed E-state index contributed by atoms with van der Waals surface area (Å²) < 4.78 is 13.1. The molecule has 5 aromatic carbocycles. The number of benzene rings is 5. The van der Waals surface area contributed by atoms with E-state index in [9.17, 15) is 0 Å². The van der Waals surface area contributed by atoms with Gasteiger partial charge in [0.25, 0.3) is 0 Å². The van der Waals surface area contributed by atoms with E-state index in [0.717, 1.165) is 34.1 Å². The van der Waals surface area contributed by atoms with Crippen molar-refractivity contribution in [1.29, 1.82) is 0 Å². The Morgan fingerprint density at radius 1 is 0.634 bits per heavy atom. The summed E-state index contributed by atoms with van der Waals surface area (Å²) in [7, 11) is 5.55. The normalized spacial score (nSPS) is 14.0. The lowest BCUT2D eigenvalue weighted by atomic mass is 9.79. The van der Waals surface area contributed by atoms with Crippen molar-refractivity contribution in [3.63, 3.8) is 0 Å². The third-order valence-electron chi connectivity index (χ3n) is 8.14. The molecule has 4 heteroatoms. The summed E-state index contributed by atoms with van der Waals surface area (Å²) in [5.74, 6) is 1.66. The Labute approximate surface area is 242 Å². The summed E-state index contributed by atoms with van der Waals surface area (Å²) in [6.45, 7) is 4.65. The summed E-state index contributed by atoms with van der Waals surface area (Å²) in [4.78, 5) is 2.23. The van der Waals surface area contributed by atoms with Crippen molar-refractivity contribution < 1.29 is 14.0 Å².